The Hall–Kier alpha value is -1.59. The van der Waals surface area contributed by atoms with E-state index in [1.54, 1.807) is 11.9 Å². The average Bonchev–Trinajstić information content (AvgIpc) is 3.06. The van der Waals surface area contributed by atoms with E-state index < -0.39 is 0 Å². The van der Waals surface area contributed by atoms with Crippen molar-refractivity contribution >= 4 is 11.7 Å². The minimum absolute atomic E-state index is 0.104. The van der Waals surface area contributed by atoms with Gasteiger partial charge in [0.15, 0.2) is 6.29 Å². The van der Waals surface area contributed by atoms with Crippen molar-refractivity contribution in [1.82, 2.24) is 4.90 Å². The Kier molecular flexibility index (Phi) is 6.86. The molecule has 0 bridgehead atoms. The highest BCUT2D eigenvalue weighted by molar-refractivity contribution is 5.90. The monoisotopic (exact) mass is 320 g/mol. The van der Waals surface area contributed by atoms with E-state index in [9.17, 15) is 4.79 Å². The van der Waals surface area contributed by atoms with Gasteiger partial charge in [-0.25, -0.2) is 4.79 Å². The minimum Gasteiger partial charge on any atom is -0.350 e. The molecule has 0 aromatic heterocycles. The summed E-state index contributed by atoms with van der Waals surface area (Å²) in [6.45, 7) is 6.11. The van der Waals surface area contributed by atoms with Crippen molar-refractivity contribution in [1.29, 1.82) is 0 Å². The van der Waals surface area contributed by atoms with Crippen LogP contribution in [0, 0.1) is 6.92 Å². The zero-order chi connectivity index (χ0) is 16.7. The number of urea groups is 1. The summed E-state index contributed by atoms with van der Waals surface area (Å²) in [5, 5.41) is 2.97. The third-order valence-corrected chi connectivity index (χ3v) is 4.09. The number of aryl methyl sites for hydroxylation is 2. The van der Waals surface area contributed by atoms with Crippen LogP contribution in [0.15, 0.2) is 18.2 Å². The van der Waals surface area contributed by atoms with Gasteiger partial charge in [-0.1, -0.05) is 25.5 Å². The number of carbonyl (C=O) groups is 1. The molecule has 5 nitrogen and oxygen atoms in total. The zero-order valence-electron chi connectivity index (χ0n) is 14.4. The van der Waals surface area contributed by atoms with E-state index in [-0.39, 0.29) is 12.3 Å². The summed E-state index contributed by atoms with van der Waals surface area (Å²) in [4.78, 5) is 13.9. The van der Waals surface area contributed by atoms with Gasteiger partial charge in [0.2, 0.25) is 0 Å². The summed E-state index contributed by atoms with van der Waals surface area (Å²) >= 11 is 0. The molecule has 1 aromatic rings. The molecule has 1 heterocycles. The molecule has 0 saturated carbocycles. The number of amides is 2. The molecule has 0 radical (unpaired) electrons. The van der Waals surface area contributed by atoms with Crippen molar-refractivity contribution in [2.24, 2.45) is 0 Å². The van der Waals surface area contributed by atoms with E-state index in [2.05, 4.69) is 24.4 Å². The molecule has 0 atom stereocenters. The molecule has 1 aromatic carbocycles. The van der Waals surface area contributed by atoms with Gasteiger partial charge in [0, 0.05) is 25.7 Å². The fraction of sp³-hybridized carbons (Fsp3) is 0.611. The van der Waals surface area contributed by atoms with E-state index in [1.807, 2.05) is 13.0 Å². The van der Waals surface area contributed by atoms with Crippen LogP contribution in [-0.2, 0) is 15.9 Å². The highest BCUT2D eigenvalue weighted by atomic mass is 16.7. The molecule has 1 fully saturated rings. The number of nitrogens with zero attached hydrogens (tertiary/aromatic N) is 1. The Morgan fingerprint density at radius 2 is 2.09 bits per heavy atom. The first-order valence-electron chi connectivity index (χ1n) is 8.45. The molecule has 5 heteroatoms. The first kappa shape index (κ1) is 17.8. The van der Waals surface area contributed by atoms with Crippen molar-refractivity contribution in [3.05, 3.63) is 29.3 Å². The summed E-state index contributed by atoms with van der Waals surface area (Å²) in [5.41, 5.74) is 3.30. The van der Waals surface area contributed by atoms with E-state index in [4.69, 9.17) is 9.47 Å². The van der Waals surface area contributed by atoms with Crippen LogP contribution in [0.4, 0.5) is 10.5 Å². The number of unbranched alkanes of at least 4 members (excludes halogenated alkanes) is 1. The lowest BCUT2D eigenvalue weighted by Crippen LogP contribution is -2.34. The molecule has 0 spiro atoms. The van der Waals surface area contributed by atoms with Crippen LogP contribution in [0.5, 0.6) is 0 Å². The van der Waals surface area contributed by atoms with Gasteiger partial charge in [-0.3, -0.25) is 0 Å². The van der Waals surface area contributed by atoms with Crippen molar-refractivity contribution < 1.29 is 14.3 Å². The topological polar surface area (TPSA) is 50.8 Å². The molecule has 1 aliphatic heterocycles. The number of nitrogens with one attached hydrogen (secondary N) is 1. The number of carbonyl (C=O) groups excluding carboxylic acids is 1. The molecular weight excluding hydrogens is 292 g/mol. The van der Waals surface area contributed by atoms with Crippen LogP contribution < -0.4 is 5.32 Å². The van der Waals surface area contributed by atoms with Crippen LogP contribution in [0.3, 0.4) is 0 Å². The standard InChI is InChI=1S/C18H28N2O3/c1-4-5-6-15-7-8-16(14(2)13-15)19-18(21)20(3)10-9-17-22-11-12-23-17/h7-8,13,17H,4-6,9-12H2,1-3H3,(H,19,21). The van der Waals surface area contributed by atoms with Crippen molar-refractivity contribution in [3.8, 4) is 0 Å². The molecule has 23 heavy (non-hydrogen) atoms. The molecule has 2 amide bonds. The molecule has 1 N–H and O–H groups in total. The molecule has 2 rings (SSSR count). The van der Waals surface area contributed by atoms with Gasteiger partial charge in [0.05, 0.1) is 13.2 Å². The van der Waals surface area contributed by atoms with E-state index >= 15 is 0 Å². The summed E-state index contributed by atoms with van der Waals surface area (Å²) in [6, 6.07) is 6.14. The lowest BCUT2D eigenvalue weighted by atomic mass is 10.0. The van der Waals surface area contributed by atoms with Crippen LogP contribution in [0.2, 0.25) is 0 Å². The summed E-state index contributed by atoms with van der Waals surface area (Å²) in [6.07, 6.45) is 3.99. The maximum Gasteiger partial charge on any atom is 0.321 e. The van der Waals surface area contributed by atoms with E-state index in [0.717, 1.165) is 17.7 Å². The largest absolute Gasteiger partial charge is 0.350 e. The number of anilines is 1. The minimum atomic E-state index is -0.176. The molecule has 1 aliphatic rings. The molecule has 1 saturated heterocycles. The number of ether oxygens (including phenoxy) is 2. The molecule has 0 aliphatic carbocycles. The van der Waals surface area contributed by atoms with Gasteiger partial charge in [-0.2, -0.15) is 0 Å². The average molecular weight is 320 g/mol. The lowest BCUT2D eigenvalue weighted by molar-refractivity contribution is -0.0488. The summed E-state index contributed by atoms with van der Waals surface area (Å²) < 4.78 is 10.8. The SMILES string of the molecule is CCCCc1ccc(NC(=O)N(C)CCC2OCCO2)c(C)c1. The van der Waals surface area contributed by atoms with Gasteiger partial charge >= 0.3 is 6.03 Å². The Morgan fingerprint density at radius 3 is 2.74 bits per heavy atom. The lowest BCUT2D eigenvalue weighted by Gasteiger charge is -2.20. The summed E-state index contributed by atoms with van der Waals surface area (Å²) in [7, 11) is 1.79. The maximum atomic E-state index is 12.3. The second kappa shape index (κ2) is 8.89. The Balaban J connectivity index is 1.83. The van der Waals surface area contributed by atoms with Gasteiger partial charge in [-0.15, -0.1) is 0 Å². The summed E-state index contributed by atoms with van der Waals surface area (Å²) in [5.74, 6) is 0. The third-order valence-electron chi connectivity index (χ3n) is 4.09. The zero-order valence-corrected chi connectivity index (χ0v) is 14.4. The number of hydrogen-bond donors (Lipinski definition) is 1. The van der Waals surface area contributed by atoms with Crippen molar-refractivity contribution in [2.75, 3.05) is 32.1 Å². The van der Waals surface area contributed by atoms with Crippen LogP contribution in [-0.4, -0.2) is 44.0 Å². The number of hydrogen-bond acceptors (Lipinski definition) is 3. The normalized spacial score (nSPS) is 14.9. The van der Waals surface area contributed by atoms with Crippen LogP contribution in [0.1, 0.15) is 37.3 Å². The predicted octanol–water partition coefficient (Wildman–Crippen LogP) is 3.56. The quantitative estimate of drug-likeness (QED) is 0.835. The van der Waals surface area contributed by atoms with Crippen LogP contribution in [0.25, 0.3) is 0 Å². The fourth-order valence-corrected chi connectivity index (χ4v) is 2.59. The van der Waals surface area contributed by atoms with Gasteiger partial charge in [0.1, 0.15) is 0 Å². The number of benzene rings is 1. The third kappa shape index (κ3) is 5.52. The second-order valence-electron chi connectivity index (χ2n) is 6.06. The highest BCUT2D eigenvalue weighted by Crippen LogP contribution is 2.18. The maximum absolute atomic E-state index is 12.3. The molecule has 0 unspecified atom stereocenters. The second-order valence-corrected chi connectivity index (χ2v) is 6.06. The Bertz CT molecular complexity index is 513. The smallest absolute Gasteiger partial charge is 0.321 e. The first-order chi connectivity index (χ1) is 11.1. The van der Waals surface area contributed by atoms with Gasteiger partial charge in [-0.05, 0) is 37.0 Å². The first-order valence-corrected chi connectivity index (χ1v) is 8.45. The van der Waals surface area contributed by atoms with Gasteiger partial charge < -0.3 is 19.7 Å². The van der Waals surface area contributed by atoms with E-state index in [0.29, 0.717) is 26.2 Å². The van der Waals surface area contributed by atoms with Gasteiger partial charge in [0.25, 0.3) is 0 Å². The molecular formula is C18H28N2O3. The van der Waals surface area contributed by atoms with Crippen LogP contribution >= 0.6 is 0 Å². The van der Waals surface area contributed by atoms with Crippen molar-refractivity contribution in [2.45, 2.75) is 45.8 Å². The molecule has 128 valence electrons. The highest BCUT2D eigenvalue weighted by Gasteiger charge is 2.18. The van der Waals surface area contributed by atoms with E-state index in [1.165, 1.54) is 18.4 Å². The fourth-order valence-electron chi connectivity index (χ4n) is 2.59. The van der Waals surface area contributed by atoms with Crippen molar-refractivity contribution in [3.63, 3.8) is 0 Å². The Labute approximate surface area is 139 Å². The Morgan fingerprint density at radius 1 is 1.35 bits per heavy atom. The number of rotatable bonds is 7. The predicted molar refractivity (Wildman–Crippen MR) is 91.7 cm³/mol.